The number of aliphatic carboxylic acids is 1. The van der Waals surface area contributed by atoms with Crippen LogP contribution in [0.4, 0.5) is 0 Å². The van der Waals surface area contributed by atoms with Crippen LogP contribution in [-0.4, -0.2) is 27.4 Å². The Kier molecular flexibility index (Phi) is 5.09. The zero-order valence-electron chi connectivity index (χ0n) is 14.6. The van der Waals surface area contributed by atoms with E-state index in [0.717, 1.165) is 22.5 Å². The van der Waals surface area contributed by atoms with E-state index in [1.165, 1.54) is 6.07 Å². The van der Waals surface area contributed by atoms with Gasteiger partial charge in [-0.2, -0.15) is 0 Å². The molecule has 2 N–H and O–H groups in total. The molecule has 0 saturated carbocycles. The molecule has 26 heavy (non-hydrogen) atoms. The van der Waals surface area contributed by atoms with Crippen LogP contribution in [0.2, 0.25) is 5.02 Å². The number of ether oxygens (including phenoxy) is 1. The molecular weight excluding hydrogens is 354 g/mol. The molecule has 1 aromatic heterocycles. The van der Waals surface area contributed by atoms with Crippen molar-refractivity contribution in [3.8, 4) is 11.5 Å². The third kappa shape index (κ3) is 3.48. The molecular formula is C20H20ClNO4. The second-order valence-corrected chi connectivity index (χ2v) is 6.53. The number of aromatic nitrogens is 1. The fraction of sp³-hybridized carbons (Fsp3) is 0.250. The standard InChI is InChI=1S/C20H20ClNO4/c1-3-26-14-6-4-13(5-7-14)11-22-12(2)15(9-20(24)25)16-8-19(23)17(21)10-18(16)22/h4-8,10,23H,3,9,11H2,1-2H3,(H,24,25). The lowest BCUT2D eigenvalue weighted by Gasteiger charge is -2.10. The summed E-state index contributed by atoms with van der Waals surface area (Å²) in [6.45, 7) is 5.00. The number of carbonyl (C=O) groups is 1. The Labute approximate surface area is 156 Å². The van der Waals surface area contributed by atoms with E-state index < -0.39 is 5.97 Å². The normalized spacial score (nSPS) is 11.0. The Morgan fingerprint density at radius 2 is 1.92 bits per heavy atom. The van der Waals surface area contributed by atoms with Crippen LogP contribution in [-0.2, 0) is 17.8 Å². The van der Waals surface area contributed by atoms with E-state index in [9.17, 15) is 15.0 Å². The van der Waals surface area contributed by atoms with Gasteiger partial charge in [-0.15, -0.1) is 0 Å². The van der Waals surface area contributed by atoms with Gasteiger partial charge in [-0.25, -0.2) is 0 Å². The van der Waals surface area contributed by atoms with E-state index in [1.807, 2.05) is 42.7 Å². The number of aromatic hydroxyl groups is 1. The predicted octanol–water partition coefficient (Wildman–Crippen LogP) is 4.38. The van der Waals surface area contributed by atoms with Crippen molar-refractivity contribution < 1.29 is 19.7 Å². The van der Waals surface area contributed by atoms with E-state index in [1.54, 1.807) is 6.07 Å². The Balaban J connectivity index is 2.08. The number of halogens is 1. The summed E-state index contributed by atoms with van der Waals surface area (Å²) in [5.74, 6) is -0.156. The maximum Gasteiger partial charge on any atom is 0.307 e. The van der Waals surface area contributed by atoms with Crippen LogP contribution in [0.3, 0.4) is 0 Å². The van der Waals surface area contributed by atoms with Crippen molar-refractivity contribution >= 4 is 28.5 Å². The number of phenols is 1. The molecule has 0 aliphatic heterocycles. The number of hydrogen-bond acceptors (Lipinski definition) is 3. The van der Waals surface area contributed by atoms with Crippen molar-refractivity contribution in [1.82, 2.24) is 4.57 Å². The molecule has 3 aromatic rings. The summed E-state index contributed by atoms with van der Waals surface area (Å²) in [6, 6.07) is 11.0. The van der Waals surface area contributed by atoms with Crippen LogP contribution in [0.1, 0.15) is 23.7 Å². The van der Waals surface area contributed by atoms with Crippen LogP contribution in [0.5, 0.6) is 11.5 Å². The lowest BCUT2D eigenvalue weighted by Crippen LogP contribution is -2.05. The van der Waals surface area contributed by atoms with Crippen molar-refractivity contribution in [1.29, 1.82) is 0 Å². The summed E-state index contributed by atoms with van der Waals surface area (Å²) in [4.78, 5) is 11.3. The topological polar surface area (TPSA) is 71.7 Å². The molecule has 0 fully saturated rings. The first-order chi connectivity index (χ1) is 12.4. The van der Waals surface area contributed by atoms with E-state index >= 15 is 0 Å². The minimum atomic E-state index is -0.914. The lowest BCUT2D eigenvalue weighted by molar-refractivity contribution is -0.136. The summed E-state index contributed by atoms with van der Waals surface area (Å²) >= 11 is 6.09. The van der Waals surface area contributed by atoms with E-state index in [-0.39, 0.29) is 17.2 Å². The van der Waals surface area contributed by atoms with Gasteiger partial charge in [0.2, 0.25) is 0 Å². The first-order valence-corrected chi connectivity index (χ1v) is 8.72. The molecule has 0 amide bonds. The largest absolute Gasteiger partial charge is 0.506 e. The van der Waals surface area contributed by atoms with Crippen molar-refractivity contribution in [2.45, 2.75) is 26.8 Å². The van der Waals surface area contributed by atoms with Crippen LogP contribution >= 0.6 is 11.6 Å². The third-order valence-corrected chi connectivity index (χ3v) is 4.73. The van der Waals surface area contributed by atoms with Crippen molar-refractivity contribution in [2.24, 2.45) is 0 Å². The molecule has 0 atom stereocenters. The highest BCUT2D eigenvalue weighted by Gasteiger charge is 2.18. The molecule has 0 spiro atoms. The average molecular weight is 374 g/mol. The number of benzene rings is 2. The summed E-state index contributed by atoms with van der Waals surface area (Å²) < 4.78 is 7.49. The molecule has 2 aromatic carbocycles. The van der Waals surface area contributed by atoms with Gasteiger partial charge in [0.1, 0.15) is 11.5 Å². The fourth-order valence-corrected chi connectivity index (χ4v) is 3.33. The summed E-state index contributed by atoms with van der Waals surface area (Å²) in [5, 5.41) is 20.1. The van der Waals surface area contributed by atoms with E-state index in [2.05, 4.69) is 0 Å². The zero-order valence-corrected chi connectivity index (χ0v) is 15.4. The average Bonchev–Trinajstić information content (AvgIpc) is 2.82. The number of carboxylic acid groups (broad SMARTS) is 1. The van der Waals surface area contributed by atoms with Crippen LogP contribution in [0.25, 0.3) is 10.9 Å². The first kappa shape index (κ1) is 18.1. The molecule has 0 bridgehead atoms. The molecule has 6 heteroatoms. The molecule has 0 unspecified atom stereocenters. The smallest absolute Gasteiger partial charge is 0.307 e. The van der Waals surface area contributed by atoms with Gasteiger partial charge in [-0.3, -0.25) is 4.79 Å². The van der Waals surface area contributed by atoms with Gasteiger partial charge >= 0.3 is 5.97 Å². The zero-order chi connectivity index (χ0) is 18.8. The summed E-state index contributed by atoms with van der Waals surface area (Å²) in [6.07, 6.45) is -0.111. The van der Waals surface area contributed by atoms with Crippen molar-refractivity contribution in [3.05, 3.63) is 58.2 Å². The minimum absolute atomic E-state index is 0.0518. The second kappa shape index (κ2) is 7.30. The van der Waals surface area contributed by atoms with Gasteiger partial charge in [0.05, 0.1) is 23.6 Å². The molecule has 0 aliphatic carbocycles. The molecule has 1 heterocycles. The van der Waals surface area contributed by atoms with Crippen LogP contribution in [0, 0.1) is 6.92 Å². The summed E-state index contributed by atoms with van der Waals surface area (Å²) in [7, 11) is 0. The first-order valence-electron chi connectivity index (χ1n) is 8.34. The van der Waals surface area contributed by atoms with Crippen molar-refractivity contribution in [3.63, 3.8) is 0 Å². The number of nitrogens with zero attached hydrogens (tertiary/aromatic N) is 1. The van der Waals surface area contributed by atoms with Gasteiger partial charge in [0.15, 0.2) is 0 Å². The van der Waals surface area contributed by atoms with E-state index in [4.69, 9.17) is 16.3 Å². The maximum atomic E-state index is 11.3. The fourth-order valence-electron chi connectivity index (χ4n) is 3.17. The summed E-state index contributed by atoms with van der Waals surface area (Å²) in [5.41, 5.74) is 3.39. The van der Waals surface area contributed by atoms with Gasteiger partial charge in [-0.05, 0) is 49.2 Å². The maximum absolute atomic E-state index is 11.3. The van der Waals surface area contributed by atoms with Crippen LogP contribution < -0.4 is 4.74 Å². The molecule has 3 rings (SSSR count). The Bertz CT molecular complexity index is 960. The predicted molar refractivity (Wildman–Crippen MR) is 101 cm³/mol. The second-order valence-electron chi connectivity index (χ2n) is 6.12. The third-order valence-electron chi connectivity index (χ3n) is 4.43. The monoisotopic (exact) mass is 373 g/mol. The van der Waals surface area contributed by atoms with Gasteiger partial charge in [0, 0.05) is 17.6 Å². The number of hydrogen-bond donors (Lipinski definition) is 2. The highest BCUT2D eigenvalue weighted by atomic mass is 35.5. The molecule has 0 saturated heterocycles. The SMILES string of the molecule is CCOc1ccc(Cn2c(C)c(CC(=O)O)c3cc(O)c(Cl)cc32)cc1. The Morgan fingerprint density at radius 3 is 2.54 bits per heavy atom. The highest BCUT2D eigenvalue weighted by molar-refractivity contribution is 6.32. The van der Waals surface area contributed by atoms with Crippen LogP contribution in [0.15, 0.2) is 36.4 Å². The number of carboxylic acids is 1. The van der Waals surface area contributed by atoms with E-state index in [0.29, 0.717) is 24.1 Å². The highest BCUT2D eigenvalue weighted by Crippen LogP contribution is 2.35. The van der Waals surface area contributed by atoms with Crippen molar-refractivity contribution in [2.75, 3.05) is 6.61 Å². The lowest BCUT2D eigenvalue weighted by atomic mass is 10.1. The number of fused-ring (bicyclic) bond motifs is 1. The van der Waals surface area contributed by atoms with Gasteiger partial charge in [-0.1, -0.05) is 23.7 Å². The quantitative estimate of drug-likeness (QED) is 0.672. The number of rotatable bonds is 6. The van der Waals surface area contributed by atoms with Gasteiger partial charge in [0.25, 0.3) is 0 Å². The molecule has 0 aliphatic rings. The van der Waals surface area contributed by atoms with Gasteiger partial charge < -0.3 is 19.5 Å². The number of phenolic OH excluding ortho intramolecular Hbond substituents is 1. The molecule has 5 nitrogen and oxygen atoms in total. The molecule has 0 radical (unpaired) electrons. The molecule has 136 valence electrons. The minimum Gasteiger partial charge on any atom is -0.506 e. The Hall–Kier alpha value is -2.66. The Morgan fingerprint density at radius 1 is 1.23 bits per heavy atom.